The summed E-state index contributed by atoms with van der Waals surface area (Å²) in [5, 5.41) is 7.74. The number of anilines is 1. The van der Waals surface area contributed by atoms with Crippen LogP contribution in [0, 0.1) is 6.92 Å². The van der Waals surface area contributed by atoms with Gasteiger partial charge in [-0.2, -0.15) is 5.10 Å². The van der Waals surface area contributed by atoms with Crippen LogP contribution in [0.5, 0.6) is 0 Å². The monoisotopic (exact) mass is 416 g/mol. The maximum atomic E-state index is 13.2. The van der Waals surface area contributed by atoms with Gasteiger partial charge in [-0.05, 0) is 62.4 Å². The fourth-order valence-corrected chi connectivity index (χ4v) is 4.00. The Hall–Kier alpha value is -3.41. The second-order valence-corrected chi connectivity index (χ2v) is 8.26. The van der Waals surface area contributed by atoms with Crippen LogP contribution in [0.15, 0.2) is 48.5 Å². The van der Waals surface area contributed by atoms with E-state index in [4.69, 9.17) is 5.10 Å². The highest BCUT2D eigenvalue weighted by Crippen LogP contribution is 2.28. The summed E-state index contributed by atoms with van der Waals surface area (Å²) < 4.78 is 1.93. The van der Waals surface area contributed by atoms with E-state index in [0.29, 0.717) is 17.9 Å². The Morgan fingerprint density at radius 3 is 2.58 bits per heavy atom. The number of hydrogen-bond donors (Lipinski definition) is 1. The fourth-order valence-electron chi connectivity index (χ4n) is 4.00. The molecular weight excluding hydrogens is 388 g/mol. The summed E-state index contributed by atoms with van der Waals surface area (Å²) in [4.78, 5) is 26.3. The van der Waals surface area contributed by atoms with Crippen molar-refractivity contribution in [2.45, 2.75) is 46.1 Å². The van der Waals surface area contributed by atoms with Crippen LogP contribution < -0.4 is 5.32 Å². The fraction of sp³-hybridized carbons (Fsp3) is 0.320. The van der Waals surface area contributed by atoms with E-state index >= 15 is 0 Å². The molecule has 2 amide bonds. The SMILES string of the molecule is CC(=O)N(C)Cc1cccc(NC(=O)c2nn(-c3ccc(C)cc3)c3c2CCCC3)c1. The summed E-state index contributed by atoms with van der Waals surface area (Å²) in [5.74, 6) is -0.191. The predicted molar refractivity (Wildman–Crippen MR) is 121 cm³/mol. The lowest BCUT2D eigenvalue weighted by molar-refractivity contribution is -0.128. The zero-order valence-electron chi connectivity index (χ0n) is 18.3. The average molecular weight is 417 g/mol. The van der Waals surface area contributed by atoms with E-state index in [1.165, 1.54) is 5.56 Å². The van der Waals surface area contributed by atoms with Crippen molar-refractivity contribution < 1.29 is 9.59 Å². The molecule has 2 aromatic carbocycles. The summed E-state index contributed by atoms with van der Waals surface area (Å²) in [5.41, 5.74) is 6.53. The minimum Gasteiger partial charge on any atom is -0.342 e. The van der Waals surface area contributed by atoms with Gasteiger partial charge in [0.25, 0.3) is 5.91 Å². The molecule has 4 rings (SSSR count). The van der Waals surface area contributed by atoms with E-state index in [1.807, 2.05) is 41.1 Å². The molecule has 0 saturated carbocycles. The largest absolute Gasteiger partial charge is 0.342 e. The molecule has 1 aliphatic carbocycles. The van der Waals surface area contributed by atoms with E-state index in [0.717, 1.165) is 48.2 Å². The molecule has 0 atom stereocenters. The first-order chi connectivity index (χ1) is 14.9. The standard InChI is InChI=1S/C25H28N4O2/c1-17-11-13-21(14-12-17)29-23-10-5-4-9-22(23)24(27-29)25(31)26-20-8-6-7-19(15-20)16-28(3)18(2)30/h6-8,11-15H,4-5,9-10,16H2,1-3H3,(H,26,31). The van der Waals surface area contributed by atoms with Crippen LogP contribution >= 0.6 is 0 Å². The number of nitrogens with zero attached hydrogens (tertiary/aromatic N) is 3. The summed E-state index contributed by atoms with van der Waals surface area (Å²) in [7, 11) is 1.76. The lowest BCUT2D eigenvalue weighted by atomic mass is 9.95. The topological polar surface area (TPSA) is 67.2 Å². The number of benzene rings is 2. The van der Waals surface area contributed by atoms with Crippen molar-refractivity contribution in [2.75, 3.05) is 12.4 Å². The number of nitrogens with one attached hydrogen (secondary N) is 1. The normalized spacial score (nSPS) is 12.9. The Labute approximate surface area is 182 Å². The highest BCUT2D eigenvalue weighted by atomic mass is 16.2. The van der Waals surface area contributed by atoms with Gasteiger partial charge in [-0.1, -0.05) is 29.8 Å². The van der Waals surface area contributed by atoms with Crippen LogP contribution in [0.1, 0.15) is 52.6 Å². The smallest absolute Gasteiger partial charge is 0.276 e. The number of carbonyl (C=O) groups is 2. The highest BCUT2D eigenvalue weighted by molar-refractivity contribution is 6.04. The Balaban J connectivity index is 1.61. The van der Waals surface area contributed by atoms with Gasteiger partial charge in [-0.25, -0.2) is 4.68 Å². The number of hydrogen-bond acceptors (Lipinski definition) is 3. The predicted octanol–water partition coefficient (Wildman–Crippen LogP) is 4.29. The first kappa shape index (κ1) is 20.8. The van der Waals surface area contributed by atoms with Crippen LogP contribution in [0.4, 0.5) is 5.69 Å². The van der Waals surface area contributed by atoms with Gasteiger partial charge in [0.15, 0.2) is 5.69 Å². The third-order valence-corrected chi connectivity index (χ3v) is 5.82. The Bertz CT molecular complexity index is 1120. The Kier molecular flexibility index (Phi) is 5.89. The van der Waals surface area contributed by atoms with Gasteiger partial charge >= 0.3 is 0 Å². The van der Waals surface area contributed by atoms with E-state index in [1.54, 1.807) is 18.9 Å². The Morgan fingerprint density at radius 1 is 1.10 bits per heavy atom. The molecule has 1 heterocycles. The summed E-state index contributed by atoms with van der Waals surface area (Å²) in [6.45, 7) is 4.10. The zero-order chi connectivity index (χ0) is 22.0. The molecular formula is C25H28N4O2. The molecule has 0 bridgehead atoms. The molecule has 0 spiro atoms. The maximum absolute atomic E-state index is 13.2. The number of aromatic nitrogens is 2. The minimum atomic E-state index is -0.193. The minimum absolute atomic E-state index is 0.00251. The molecule has 0 radical (unpaired) electrons. The average Bonchev–Trinajstić information content (AvgIpc) is 3.14. The van der Waals surface area contributed by atoms with Crippen LogP contribution in [0.2, 0.25) is 0 Å². The quantitative estimate of drug-likeness (QED) is 0.675. The number of amides is 2. The molecule has 1 aromatic heterocycles. The molecule has 6 nitrogen and oxygen atoms in total. The summed E-state index contributed by atoms with van der Waals surface area (Å²) in [6.07, 6.45) is 3.97. The molecule has 1 N–H and O–H groups in total. The molecule has 0 fully saturated rings. The molecule has 31 heavy (non-hydrogen) atoms. The first-order valence-electron chi connectivity index (χ1n) is 10.7. The highest BCUT2D eigenvalue weighted by Gasteiger charge is 2.25. The van der Waals surface area contributed by atoms with E-state index in [2.05, 4.69) is 24.4 Å². The number of fused-ring (bicyclic) bond motifs is 1. The number of aryl methyl sites for hydroxylation is 1. The second kappa shape index (κ2) is 8.76. The molecule has 1 aliphatic rings. The third-order valence-electron chi connectivity index (χ3n) is 5.82. The lowest BCUT2D eigenvalue weighted by Crippen LogP contribution is -2.23. The first-order valence-corrected chi connectivity index (χ1v) is 10.7. The van der Waals surface area contributed by atoms with Crippen LogP contribution in [0.25, 0.3) is 5.69 Å². The van der Waals surface area contributed by atoms with Gasteiger partial charge in [0.1, 0.15) is 0 Å². The summed E-state index contributed by atoms with van der Waals surface area (Å²) >= 11 is 0. The van der Waals surface area contributed by atoms with E-state index in [-0.39, 0.29) is 11.8 Å². The molecule has 0 unspecified atom stereocenters. The van der Waals surface area contributed by atoms with Gasteiger partial charge in [-0.3, -0.25) is 9.59 Å². The molecule has 0 aliphatic heterocycles. The van der Waals surface area contributed by atoms with Crippen LogP contribution in [-0.2, 0) is 24.2 Å². The van der Waals surface area contributed by atoms with E-state index in [9.17, 15) is 9.59 Å². The van der Waals surface area contributed by atoms with Crippen molar-refractivity contribution in [3.05, 3.63) is 76.6 Å². The van der Waals surface area contributed by atoms with Gasteiger partial charge in [0.2, 0.25) is 5.91 Å². The second-order valence-electron chi connectivity index (χ2n) is 8.26. The molecule has 6 heteroatoms. The van der Waals surface area contributed by atoms with E-state index < -0.39 is 0 Å². The van der Waals surface area contributed by atoms with Crippen LogP contribution in [-0.4, -0.2) is 33.5 Å². The number of rotatable bonds is 5. The molecule has 3 aromatic rings. The van der Waals surface area contributed by atoms with Crippen molar-refractivity contribution in [3.63, 3.8) is 0 Å². The van der Waals surface area contributed by atoms with Crippen LogP contribution in [0.3, 0.4) is 0 Å². The lowest BCUT2D eigenvalue weighted by Gasteiger charge is -2.15. The molecule has 160 valence electrons. The summed E-state index contributed by atoms with van der Waals surface area (Å²) in [6, 6.07) is 15.8. The van der Waals surface area contributed by atoms with Crippen molar-refractivity contribution in [1.82, 2.24) is 14.7 Å². The molecule has 0 saturated heterocycles. The van der Waals surface area contributed by atoms with Gasteiger partial charge < -0.3 is 10.2 Å². The van der Waals surface area contributed by atoms with Gasteiger partial charge in [-0.15, -0.1) is 0 Å². The van der Waals surface area contributed by atoms with Crippen molar-refractivity contribution in [1.29, 1.82) is 0 Å². The third kappa shape index (κ3) is 4.53. The Morgan fingerprint density at radius 2 is 1.84 bits per heavy atom. The van der Waals surface area contributed by atoms with Crippen molar-refractivity contribution >= 4 is 17.5 Å². The van der Waals surface area contributed by atoms with Crippen molar-refractivity contribution in [2.24, 2.45) is 0 Å². The zero-order valence-corrected chi connectivity index (χ0v) is 18.3. The van der Waals surface area contributed by atoms with Crippen molar-refractivity contribution in [3.8, 4) is 5.69 Å². The number of carbonyl (C=O) groups excluding carboxylic acids is 2. The maximum Gasteiger partial charge on any atom is 0.276 e. The van der Waals surface area contributed by atoms with Gasteiger partial charge in [0.05, 0.1) is 5.69 Å². The van der Waals surface area contributed by atoms with Gasteiger partial charge in [0, 0.05) is 37.5 Å².